The van der Waals surface area contributed by atoms with Gasteiger partial charge in [0.2, 0.25) is 0 Å². The summed E-state index contributed by atoms with van der Waals surface area (Å²) < 4.78 is 6.83. The molecule has 0 aliphatic heterocycles. The lowest BCUT2D eigenvalue weighted by atomic mass is 10.2. The molecular weight excluding hydrogens is 274 g/mol. The number of rotatable bonds is 6. The third kappa shape index (κ3) is 3.10. The van der Waals surface area contributed by atoms with Crippen molar-refractivity contribution in [2.75, 3.05) is 0 Å². The zero-order valence-corrected chi connectivity index (χ0v) is 12.3. The Hall–Kier alpha value is -2.22. The van der Waals surface area contributed by atoms with Crippen LogP contribution in [0.15, 0.2) is 10.9 Å². The maximum Gasteiger partial charge on any atom is 0.274 e. The fourth-order valence-electron chi connectivity index (χ4n) is 2.10. The number of aliphatic hydroxyl groups is 1. The van der Waals surface area contributed by atoms with Gasteiger partial charge in [-0.1, -0.05) is 12.1 Å². The van der Waals surface area contributed by atoms with E-state index in [1.54, 1.807) is 13.3 Å². The smallest absolute Gasteiger partial charge is 0.274 e. The monoisotopic (exact) mass is 293 g/mol. The quantitative estimate of drug-likeness (QED) is 0.822. The maximum absolute atomic E-state index is 12.2. The number of hydrogen-bond acceptors (Lipinski definition) is 6. The number of aryl methyl sites for hydroxylation is 2. The van der Waals surface area contributed by atoms with Gasteiger partial charge in [0, 0.05) is 6.54 Å². The third-order valence-corrected chi connectivity index (χ3v) is 3.20. The van der Waals surface area contributed by atoms with Crippen molar-refractivity contribution in [1.29, 1.82) is 0 Å². The van der Waals surface area contributed by atoms with Crippen molar-refractivity contribution in [3.8, 4) is 0 Å². The summed E-state index contributed by atoms with van der Waals surface area (Å²) in [5.41, 5.74) is 0.498. The van der Waals surface area contributed by atoms with Crippen LogP contribution < -0.4 is 5.32 Å². The number of nitrogens with zero attached hydrogens (tertiary/aromatic N) is 4. The molecule has 2 N–H and O–H groups in total. The summed E-state index contributed by atoms with van der Waals surface area (Å²) in [6.07, 6.45) is 2.59. The molecule has 0 aliphatic carbocycles. The molecule has 2 aromatic heterocycles. The fourth-order valence-corrected chi connectivity index (χ4v) is 2.10. The Kier molecular flexibility index (Phi) is 4.69. The second-order valence-corrected chi connectivity index (χ2v) is 4.80. The number of aromatic nitrogens is 4. The van der Waals surface area contributed by atoms with Gasteiger partial charge in [0.1, 0.15) is 12.1 Å². The zero-order valence-electron chi connectivity index (χ0n) is 12.3. The number of hydrogen-bond donors (Lipinski definition) is 2. The molecule has 2 aromatic rings. The standard InChI is InChI=1S/C13H19N5O3/c1-4-5-18-7-14-16-12(18)8(2)15-13(20)11-10(6-19)9(3)21-17-11/h7-8,19H,4-6H2,1-3H3,(H,15,20)/t8-/m1/s1. The van der Waals surface area contributed by atoms with Crippen LogP contribution in [-0.2, 0) is 13.2 Å². The van der Waals surface area contributed by atoms with Crippen molar-refractivity contribution in [1.82, 2.24) is 25.2 Å². The number of amides is 1. The third-order valence-electron chi connectivity index (χ3n) is 3.20. The number of carbonyl (C=O) groups excluding carboxylic acids is 1. The van der Waals surface area contributed by atoms with Gasteiger partial charge in [-0.2, -0.15) is 0 Å². The first-order valence-electron chi connectivity index (χ1n) is 6.83. The highest BCUT2D eigenvalue weighted by Gasteiger charge is 2.22. The molecule has 0 fully saturated rings. The van der Waals surface area contributed by atoms with E-state index in [1.165, 1.54) is 0 Å². The van der Waals surface area contributed by atoms with Crippen molar-refractivity contribution >= 4 is 5.91 Å². The molecule has 21 heavy (non-hydrogen) atoms. The van der Waals surface area contributed by atoms with E-state index in [1.807, 2.05) is 11.5 Å². The highest BCUT2D eigenvalue weighted by Crippen LogP contribution is 2.15. The second-order valence-electron chi connectivity index (χ2n) is 4.80. The molecule has 0 bridgehead atoms. The molecule has 114 valence electrons. The van der Waals surface area contributed by atoms with E-state index in [0.717, 1.165) is 13.0 Å². The van der Waals surface area contributed by atoms with Gasteiger partial charge in [-0.15, -0.1) is 10.2 Å². The Balaban J connectivity index is 2.13. The van der Waals surface area contributed by atoms with E-state index in [4.69, 9.17) is 4.52 Å². The average Bonchev–Trinajstić information content (AvgIpc) is 3.05. The van der Waals surface area contributed by atoms with Gasteiger partial charge in [0.15, 0.2) is 11.5 Å². The first-order chi connectivity index (χ1) is 10.1. The molecular formula is C13H19N5O3. The van der Waals surface area contributed by atoms with Crippen LogP contribution >= 0.6 is 0 Å². The molecule has 8 heteroatoms. The van der Waals surface area contributed by atoms with E-state index in [9.17, 15) is 9.90 Å². The molecule has 0 radical (unpaired) electrons. The molecule has 0 saturated heterocycles. The average molecular weight is 293 g/mol. The van der Waals surface area contributed by atoms with Gasteiger partial charge in [-0.05, 0) is 20.3 Å². The molecule has 1 atom stereocenters. The minimum atomic E-state index is -0.408. The van der Waals surface area contributed by atoms with Crippen molar-refractivity contribution < 1.29 is 14.4 Å². The van der Waals surface area contributed by atoms with E-state index < -0.39 is 5.91 Å². The second kappa shape index (κ2) is 6.49. The Bertz CT molecular complexity index is 619. The van der Waals surface area contributed by atoms with Crippen LogP contribution in [0.25, 0.3) is 0 Å². The van der Waals surface area contributed by atoms with Gasteiger partial charge in [0.25, 0.3) is 5.91 Å². The SMILES string of the molecule is CCCn1cnnc1[C@@H](C)NC(=O)c1noc(C)c1CO. The number of carbonyl (C=O) groups is 1. The Morgan fingerprint density at radius 3 is 3.00 bits per heavy atom. The lowest BCUT2D eigenvalue weighted by Crippen LogP contribution is -2.29. The number of aliphatic hydroxyl groups excluding tert-OH is 1. The van der Waals surface area contributed by atoms with Crippen LogP contribution in [0.3, 0.4) is 0 Å². The van der Waals surface area contributed by atoms with E-state index in [2.05, 4.69) is 27.6 Å². The van der Waals surface area contributed by atoms with Crippen molar-refractivity contribution in [3.05, 3.63) is 29.2 Å². The lowest BCUT2D eigenvalue weighted by Gasteiger charge is -2.13. The van der Waals surface area contributed by atoms with Crippen molar-refractivity contribution in [2.24, 2.45) is 0 Å². The summed E-state index contributed by atoms with van der Waals surface area (Å²) in [5, 5.41) is 23.6. The molecule has 0 aliphatic rings. The van der Waals surface area contributed by atoms with Gasteiger partial charge >= 0.3 is 0 Å². The minimum absolute atomic E-state index is 0.100. The lowest BCUT2D eigenvalue weighted by molar-refractivity contribution is 0.0925. The van der Waals surface area contributed by atoms with Gasteiger partial charge < -0.3 is 19.5 Å². The van der Waals surface area contributed by atoms with Gasteiger partial charge in [-0.25, -0.2) is 0 Å². The van der Waals surface area contributed by atoms with Crippen molar-refractivity contribution in [2.45, 2.75) is 46.4 Å². The first-order valence-corrected chi connectivity index (χ1v) is 6.83. The summed E-state index contributed by atoms with van der Waals surface area (Å²) in [6.45, 7) is 6.01. The summed E-state index contributed by atoms with van der Waals surface area (Å²) in [6, 6.07) is -0.324. The predicted molar refractivity (Wildman–Crippen MR) is 73.4 cm³/mol. The summed E-state index contributed by atoms with van der Waals surface area (Å²) in [5.74, 6) is 0.704. The van der Waals surface area contributed by atoms with E-state index in [-0.39, 0.29) is 18.3 Å². The van der Waals surface area contributed by atoms with Crippen LogP contribution in [0.2, 0.25) is 0 Å². The fraction of sp³-hybridized carbons (Fsp3) is 0.538. The summed E-state index contributed by atoms with van der Waals surface area (Å²) in [7, 11) is 0. The predicted octanol–water partition coefficient (Wildman–Crippen LogP) is 0.968. The molecule has 8 nitrogen and oxygen atoms in total. The van der Waals surface area contributed by atoms with Crippen LogP contribution in [0.4, 0.5) is 0 Å². The molecule has 1 amide bonds. The normalized spacial score (nSPS) is 12.4. The van der Waals surface area contributed by atoms with Gasteiger partial charge in [-0.3, -0.25) is 4.79 Å². The molecule has 0 unspecified atom stereocenters. The highest BCUT2D eigenvalue weighted by molar-refractivity contribution is 5.93. The van der Waals surface area contributed by atoms with Crippen LogP contribution in [-0.4, -0.2) is 30.9 Å². The molecule has 2 rings (SSSR count). The zero-order chi connectivity index (χ0) is 15.4. The van der Waals surface area contributed by atoms with Crippen LogP contribution in [0.1, 0.15) is 53.9 Å². The maximum atomic E-state index is 12.2. The van der Waals surface area contributed by atoms with Crippen LogP contribution in [0, 0.1) is 6.92 Å². The largest absolute Gasteiger partial charge is 0.391 e. The Morgan fingerprint density at radius 2 is 2.33 bits per heavy atom. The molecule has 0 spiro atoms. The van der Waals surface area contributed by atoms with E-state index >= 15 is 0 Å². The Labute approximate surface area is 122 Å². The summed E-state index contributed by atoms with van der Waals surface area (Å²) in [4.78, 5) is 12.2. The minimum Gasteiger partial charge on any atom is -0.391 e. The molecule has 0 saturated carbocycles. The van der Waals surface area contributed by atoms with E-state index in [0.29, 0.717) is 17.1 Å². The first kappa shape index (κ1) is 15.2. The summed E-state index contributed by atoms with van der Waals surface area (Å²) >= 11 is 0. The molecule has 2 heterocycles. The van der Waals surface area contributed by atoms with Gasteiger partial charge in [0.05, 0.1) is 18.2 Å². The Morgan fingerprint density at radius 1 is 1.57 bits per heavy atom. The highest BCUT2D eigenvalue weighted by atomic mass is 16.5. The van der Waals surface area contributed by atoms with Crippen molar-refractivity contribution in [3.63, 3.8) is 0 Å². The number of nitrogens with one attached hydrogen (secondary N) is 1. The molecule has 0 aromatic carbocycles. The van der Waals surface area contributed by atoms with Crippen LogP contribution in [0.5, 0.6) is 0 Å². The topological polar surface area (TPSA) is 106 Å².